The second-order valence-corrected chi connectivity index (χ2v) is 16.3. The molecule has 1 aromatic heterocycles. The van der Waals surface area contributed by atoms with Gasteiger partial charge in [0.15, 0.2) is 12.1 Å². The monoisotopic (exact) mass is 811 g/mol. The van der Waals surface area contributed by atoms with Gasteiger partial charge >= 0.3 is 0 Å². The molecule has 5 heterocycles. The van der Waals surface area contributed by atoms with Crippen LogP contribution in [-0.2, 0) is 14.4 Å². The van der Waals surface area contributed by atoms with Crippen LogP contribution in [0.1, 0.15) is 56.9 Å². The minimum Gasteiger partial charge on any atom is -0.388 e. The number of piperazine rings is 1. The number of β-amino-alcohol motifs (C(OH)–C–C–N with tert-alkyl or cyclic N) is 1. The Labute approximate surface area is 341 Å². The number of imide groups is 1. The number of carbonyl (C=O) groups is 3. The number of aliphatic imine (C=N–C) groups is 1. The molecule has 8 rings (SSSR count). The number of pyridine rings is 1. The SMILES string of the molecule is O=C1CCC(Nc2ccc(N3CCC(O)(CN4CCN(C(=O)C5CCC(NC6N=CC(F)=C(c7cccc(-n8ccccc8=O)c7)N6)CC5)CC4)CC3)c(F)c2)C(=O)N1. The van der Waals surface area contributed by atoms with Crippen LogP contribution in [0.15, 0.2) is 82.5 Å². The van der Waals surface area contributed by atoms with Crippen LogP contribution in [0.25, 0.3) is 11.4 Å². The van der Waals surface area contributed by atoms with E-state index in [2.05, 4.69) is 31.2 Å². The number of hydrogen-bond donors (Lipinski definition) is 5. The lowest BCUT2D eigenvalue weighted by Crippen LogP contribution is -2.56. The molecule has 3 amide bonds. The highest BCUT2D eigenvalue weighted by Gasteiger charge is 2.37. The molecule has 16 heteroatoms. The van der Waals surface area contributed by atoms with Crippen LogP contribution < -0.4 is 31.7 Å². The van der Waals surface area contributed by atoms with Gasteiger partial charge in [-0.05, 0) is 81.3 Å². The summed E-state index contributed by atoms with van der Waals surface area (Å²) in [6, 6.07) is 16.3. The Bertz CT molecular complexity index is 2170. The number of piperidine rings is 2. The minimum absolute atomic E-state index is 0.0596. The molecule has 1 aliphatic carbocycles. The zero-order chi connectivity index (χ0) is 41.1. The highest BCUT2D eigenvalue weighted by atomic mass is 19.1. The van der Waals surface area contributed by atoms with Gasteiger partial charge in [0.05, 0.1) is 23.2 Å². The molecule has 1 saturated carbocycles. The maximum absolute atomic E-state index is 15.2. The summed E-state index contributed by atoms with van der Waals surface area (Å²) >= 11 is 0. The van der Waals surface area contributed by atoms with Gasteiger partial charge in [0.2, 0.25) is 17.7 Å². The summed E-state index contributed by atoms with van der Waals surface area (Å²) in [5.74, 6) is -1.51. The Hall–Kier alpha value is -5.45. The van der Waals surface area contributed by atoms with Gasteiger partial charge in [0.25, 0.3) is 5.56 Å². The number of aliphatic hydroxyl groups is 1. The third-order valence-corrected chi connectivity index (χ3v) is 12.3. The second-order valence-electron chi connectivity index (χ2n) is 16.3. The normalized spacial score (nSPS) is 25.1. The standard InChI is InChI=1S/C43H51F2N9O5/c44-33-25-31(47-35-12-14-37(55)49-40(35)57)11-13-36(33)52-18-15-43(59,16-19-52)27-51-20-22-53(23-21-51)41(58)28-7-9-30(10-8-28)48-42-46-26-34(45)39(50-42)29-4-3-5-32(24-29)54-17-2-1-6-38(54)56/h1-6,11,13,17,24-26,28,30,35,42,47-48,50,59H,7-10,12,14-16,18-23,27H2,(H,49,55,57). The Morgan fingerprint density at radius 2 is 1.68 bits per heavy atom. The van der Waals surface area contributed by atoms with Crippen molar-refractivity contribution in [1.82, 2.24) is 30.3 Å². The molecule has 4 aliphatic heterocycles. The molecule has 2 atom stereocenters. The van der Waals surface area contributed by atoms with Gasteiger partial charge in [-0.25, -0.2) is 8.78 Å². The fourth-order valence-electron chi connectivity index (χ4n) is 8.94. The summed E-state index contributed by atoms with van der Waals surface area (Å²) in [5, 5.41) is 23.5. The molecule has 5 aliphatic rings. The van der Waals surface area contributed by atoms with E-state index in [0.29, 0.717) is 93.4 Å². The predicted octanol–water partition coefficient (Wildman–Crippen LogP) is 3.11. The molecule has 5 N–H and O–H groups in total. The lowest BCUT2D eigenvalue weighted by molar-refractivity contribution is -0.139. The van der Waals surface area contributed by atoms with Crippen LogP contribution in [0.2, 0.25) is 0 Å². The zero-order valence-corrected chi connectivity index (χ0v) is 32.9. The van der Waals surface area contributed by atoms with Gasteiger partial charge in [-0.1, -0.05) is 18.2 Å². The average molecular weight is 812 g/mol. The number of nitrogens with zero attached hydrogens (tertiary/aromatic N) is 5. The quantitative estimate of drug-likeness (QED) is 0.193. The molecule has 2 aromatic carbocycles. The number of hydrogen-bond acceptors (Lipinski definition) is 11. The van der Waals surface area contributed by atoms with Gasteiger partial charge in [0.1, 0.15) is 11.9 Å². The van der Waals surface area contributed by atoms with Crippen molar-refractivity contribution >= 4 is 41.0 Å². The van der Waals surface area contributed by atoms with E-state index in [1.165, 1.54) is 22.9 Å². The fourth-order valence-corrected chi connectivity index (χ4v) is 8.94. The molecular formula is C43H51F2N9O5. The second kappa shape index (κ2) is 17.4. The van der Waals surface area contributed by atoms with Crippen LogP contribution in [0.3, 0.4) is 0 Å². The lowest BCUT2D eigenvalue weighted by atomic mass is 9.85. The molecule has 3 saturated heterocycles. The van der Waals surface area contributed by atoms with Crippen molar-refractivity contribution in [3.05, 3.63) is 94.4 Å². The first-order valence-electron chi connectivity index (χ1n) is 20.6. The van der Waals surface area contributed by atoms with E-state index in [0.717, 1.165) is 25.7 Å². The number of carbonyl (C=O) groups excluding carboxylic acids is 3. The molecule has 14 nitrogen and oxygen atoms in total. The van der Waals surface area contributed by atoms with Crippen LogP contribution in [-0.4, -0.2) is 113 Å². The number of halogens is 2. The van der Waals surface area contributed by atoms with Gasteiger partial charge in [-0.2, -0.15) is 0 Å². The molecule has 3 aromatic rings. The Morgan fingerprint density at radius 3 is 2.41 bits per heavy atom. The summed E-state index contributed by atoms with van der Waals surface area (Å²) in [6.07, 6.45) is 6.97. The van der Waals surface area contributed by atoms with Gasteiger partial charge < -0.3 is 25.5 Å². The van der Waals surface area contributed by atoms with E-state index in [-0.39, 0.29) is 35.8 Å². The van der Waals surface area contributed by atoms with Crippen LogP contribution in [0.5, 0.6) is 0 Å². The van der Waals surface area contributed by atoms with Gasteiger partial charge in [-0.3, -0.25) is 44.3 Å². The van der Waals surface area contributed by atoms with E-state index in [1.807, 2.05) is 9.80 Å². The van der Waals surface area contributed by atoms with E-state index in [4.69, 9.17) is 0 Å². The molecule has 312 valence electrons. The maximum Gasteiger partial charge on any atom is 0.255 e. The number of nitrogens with one attached hydrogen (secondary N) is 4. The first kappa shape index (κ1) is 40.3. The highest BCUT2D eigenvalue weighted by Crippen LogP contribution is 2.32. The van der Waals surface area contributed by atoms with Crippen molar-refractivity contribution in [2.45, 2.75) is 75.3 Å². The lowest BCUT2D eigenvalue weighted by Gasteiger charge is -2.44. The number of anilines is 2. The van der Waals surface area contributed by atoms with E-state index >= 15 is 8.78 Å². The minimum atomic E-state index is -0.912. The van der Waals surface area contributed by atoms with Crippen LogP contribution in [0, 0.1) is 11.7 Å². The van der Waals surface area contributed by atoms with E-state index < -0.39 is 35.5 Å². The number of aromatic nitrogens is 1. The summed E-state index contributed by atoms with van der Waals surface area (Å²) in [5.41, 5.74) is 1.34. The highest BCUT2D eigenvalue weighted by molar-refractivity contribution is 6.01. The molecule has 0 bridgehead atoms. The van der Waals surface area contributed by atoms with Crippen molar-refractivity contribution in [3.8, 4) is 5.69 Å². The Morgan fingerprint density at radius 1 is 0.898 bits per heavy atom. The van der Waals surface area contributed by atoms with Crippen molar-refractivity contribution in [2.75, 3.05) is 56.0 Å². The summed E-state index contributed by atoms with van der Waals surface area (Å²) in [7, 11) is 0. The third-order valence-electron chi connectivity index (χ3n) is 12.3. The van der Waals surface area contributed by atoms with Gasteiger partial charge in [-0.15, -0.1) is 0 Å². The van der Waals surface area contributed by atoms with Gasteiger partial charge in [0, 0.05) is 93.4 Å². The Kier molecular flexibility index (Phi) is 11.9. The Balaban J connectivity index is 0.756. The first-order valence-corrected chi connectivity index (χ1v) is 20.6. The van der Waals surface area contributed by atoms with Crippen LogP contribution >= 0.6 is 0 Å². The third kappa shape index (κ3) is 9.40. The zero-order valence-electron chi connectivity index (χ0n) is 32.9. The molecule has 4 fully saturated rings. The van der Waals surface area contributed by atoms with Crippen molar-refractivity contribution in [2.24, 2.45) is 10.9 Å². The topological polar surface area (TPSA) is 164 Å². The van der Waals surface area contributed by atoms with Crippen molar-refractivity contribution in [1.29, 1.82) is 0 Å². The van der Waals surface area contributed by atoms with Crippen molar-refractivity contribution in [3.63, 3.8) is 0 Å². The molecule has 59 heavy (non-hydrogen) atoms. The average Bonchev–Trinajstić information content (AvgIpc) is 3.23. The molecular weight excluding hydrogens is 761 g/mol. The van der Waals surface area contributed by atoms with Crippen LogP contribution in [0.4, 0.5) is 20.2 Å². The maximum atomic E-state index is 15.2. The predicted molar refractivity (Wildman–Crippen MR) is 220 cm³/mol. The first-order chi connectivity index (χ1) is 28.5. The molecule has 0 radical (unpaired) electrons. The van der Waals surface area contributed by atoms with E-state index in [1.54, 1.807) is 54.7 Å². The largest absolute Gasteiger partial charge is 0.388 e. The number of allylic oxidation sites excluding steroid dienone is 1. The number of amides is 3. The summed E-state index contributed by atoms with van der Waals surface area (Å²) in [6.45, 7) is 4.03. The summed E-state index contributed by atoms with van der Waals surface area (Å²) in [4.78, 5) is 60.0. The molecule has 0 spiro atoms. The smallest absolute Gasteiger partial charge is 0.255 e. The van der Waals surface area contributed by atoms with Crippen molar-refractivity contribution < 1.29 is 28.3 Å². The number of rotatable bonds is 10. The number of benzene rings is 2. The summed E-state index contributed by atoms with van der Waals surface area (Å²) < 4.78 is 31.8. The molecule has 2 unspecified atom stereocenters. The fraction of sp³-hybridized carbons (Fsp3) is 0.465. The van der Waals surface area contributed by atoms with E-state index in [9.17, 15) is 24.3 Å².